The first kappa shape index (κ1) is 14.7. The summed E-state index contributed by atoms with van der Waals surface area (Å²) >= 11 is 0. The number of benzene rings is 1. The molecule has 2 aromatic rings. The van der Waals surface area contributed by atoms with Crippen molar-refractivity contribution in [3.63, 3.8) is 0 Å². The first-order valence-corrected chi connectivity index (χ1v) is 9.51. The predicted octanol–water partition coefficient (Wildman–Crippen LogP) is 3.77. The number of aromatic nitrogens is 1. The third-order valence-electron chi connectivity index (χ3n) is 3.71. The van der Waals surface area contributed by atoms with Gasteiger partial charge in [0, 0.05) is 23.4 Å². The van der Waals surface area contributed by atoms with E-state index < -0.39 is 9.05 Å². The van der Waals surface area contributed by atoms with Gasteiger partial charge in [0.1, 0.15) is 10.6 Å². The summed E-state index contributed by atoms with van der Waals surface area (Å²) in [4.78, 5) is 0.145. The Bertz CT molecular complexity index is 763. The minimum absolute atomic E-state index is 0.145. The number of hydrogen-bond donors (Lipinski definition) is 0. The van der Waals surface area contributed by atoms with Crippen LogP contribution in [-0.4, -0.2) is 19.6 Å². The SMILES string of the molecule is CCCOc1cccc2c1c(S(=O)(=O)Cl)cn2CC1CC1. The van der Waals surface area contributed by atoms with Crippen LogP contribution in [0.25, 0.3) is 10.9 Å². The molecule has 1 aliphatic rings. The fourth-order valence-corrected chi connectivity index (χ4v) is 3.58. The molecule has 1 aromatic heterocycles. The lowest BCUT2D eigenvalue weighted by atomic mass is 10.2. The third kappa shape index (κ3) is 3.04. The number of fused-ring (bicyclic) bond motifs is 1. The molecule has 0 spiro atoms. The molecule has 4 nitrogen and oxygen atoms in total. The van der Waals surface area contributed by atoms with Gasteiger partial charge in [-0.05, 0) is 37.3 Å². The van der Waals surface area contributed by atoms with Crippen LogP contribution in [0.5, 0.6) is 5.75 Å². The molecule has 1 saturated carbocycles. The van der Waals surface area contributed by atoms with Gasteiger partial charge in [-0.25, -0.2) is 8.42 Å². The van der Waals surface area contributed by atoms with Gasteiger partial charge in [0.05, 0.1) is 17.5 Å². The van der Waals surface area contributed by atoms with E-state index in [2.05, 4.69) is 0 Å². The molecule has 1 aromatic carbocycles. The molecule has 0 amide bonds. The molecule has 1 fully saturated rings. The molecule has 0 atom stereocenters. The van der Waals surface area contributed by atoms with Gasteiger partial charge in [-0.2, -0.15) is 0 Å². The largest absolute Gasteiger partial charge is 0.493 e. The molecule has 0 saturated heterocycles. The Hall–Kier alpha value is -1.20. The van der Waals surface area contributed by atoms with E-state index in [-0.39, 0.29) is 4.90 Å². The Labute approximate surface area is 129 Å². The average molecular weight is 328 g/mol. The lowest BCUT2D eigenvalue weighted by Crippen LogP contribution is -1.98. The fraction of sp³-hybridized carbons (Fsp3) is 0.467. The fourth-order valence-electron chi connectivity index (χ4n) is 2.53. The van der Waals surface area contributed by atoms with Gasteiger partial charge in [0.15, 0.2) is 0 Å². The van der Waals surface area contributed by atoms with E-state index in [0.717, 1.165) is 18.5 Å². The maximum Gasteiger partial charge on any atom is 0.263 e. The minimum Gasteiger partial charge on any atom is -0.493 e. The quantitative estimate of drug-likeness (QED) is 0.759. The van der Waals surface area contributed by atoms with Gasteiger partial charge >= 0.3 is 0 Å². The molecule has 0 N–H and O–H groups in total. The van der Waals surface area contributed by atoms with E-state index in [9.17, 15) is 8.42 Å². The summed E-state index contributed by atoms with van der Waals surface area (Å²) in [5.74, 6) is 1.23. The Morgan fingerprint density at radius 1 is 1.38 bits per heavy atom. The average Bonchev–Trinajstić information content (AvgIpc) is 3.15. The summed E-state index contributed by atoms with van der Waals surface area (Å²) in [7, 11) is 1.81. The summed E-state index contributed by atoms with van der Waals surface area (Å²) in [5, 5.41) is 0.599. The number of rotatable bonds is 6. The Kier molecular flexibility index (Phi) is 3.88. The highest BCUT2D eigenvalue weighted by Crippen LogP contribution is 2.38. The minimum atomic E-state index is -3.80. The summed E-state index contributed by atoms with van der Waals surface area (Å²) in [6, 6.07) is 5.61. The van der Waals surface area contributed by atoms with E-state index in [1.165, 1.54) is 12.8 Å². The highest BCUT2D eigenvalue weighted by atomic mass is 35.7. The third-order valence-corrected chi connectivity index (χ3v) is 5.04. The number of nitrogens with zero attached hydrogens (tertiary/aromatic N) is 1. The smallest absolute Gasteiger partial charge is 0.263 e. The first-order chi connectivity index (χ1) is 10.0. The normalized spacial score (nSPS) is 15.5. The summed E-state index contributed by atoms with van der Waals surface area (Å²) < 4.78 is 31.5. The van der Waals surface area contributed by atoms with Crippen molar-refractivity contribution in [3.05, 3.63) is 24.4 Å². The molecular formula is C15H18ClNO3S. The molecule has 6 heteroatoms. The van der Waals surface area contributed by atoms with Gasteiger partial charge in [0.25, 0.3) is 9.05 Å². The standard InChI is InChI=1S/C15H18ClNO3S/c1-2-8-20-13-5-3-4-12-15(13)14(21(16,18)19)10-17(12)9-11-6-7-11/h3-5,10-11H,2,6-9H2,1H3. The zero-order valence-corrected chi connectivity index (χ0v) is 13.5. The second-order valence-electron chi connectivity index (χ2n) is 5.53. The highest BCUT2D eigenvalue weighted by molar-refractivity contribution is 8.14. The van der Waals surface area contributed by atoms with E-state index in [4.69, 9.17) is 15.4 Å². The Balaban J connectivity index is 2.17. The summed E-state index contributed by atoms with van der Waals surface area (Å²) in [6.07, 6.45) is 4.91. The van der Waals surface area contributed by atoms with Crippen molar-refractivity contribution in [3.8, 4) is 5.75 Å². The molecule has 21 heavy (non-hydrogen) atoms. The molecule has 0 bridgehead atoms. The molecular weight excluding hydrogens is 310 g/mol. The topological polar surface area (TPSA) is 48.3 Å². The van der Waals surface area contributed by atoms with E-state index in [1.54, 1.807) is 12.3 Å². The number of hydrogen-bond acceptors (Lipinski definition) is 3. The molecule has 3 rings (SSSR count). The van der Waals surface area contributed by atoms with Crippen LogP contribution in [0.1, 0.15) is 26.2 Å². The zero-order chi connectivity index (χ0) is 15.0. The van der Waals surface area contributed by atoms with Crippen LogP contribution in [0.4, 0.5) is 0 Å². The molecule has 114 valence electrons. The van der Waals surface area contributed by atoms with Crippen molar-refractivity contribution in [2.24, 2.45) is 5.92 Å². The van der Waals surface area contributed by atoms with Gasteiger partial charge in [-0.3, -0.25) is 0 Å². The van der Waals surface area contributed by atoms with Gasteiger partial charge in [-0.15, -0.1) is 0 Å². The second-order valence-corrected chi connectivity index (χ2v) is 8.06. The van der Waals surface area contributed by atoms with E-state index in [0.29, 0.717) is 23.7 Å². The molecule has 1 aliphatic carbocycles. The summed E-state index contributed by atoms with van der Waals surface area (Å²) in [5.41, 5.74) is 0.870. The maximum absolute atomic E-state index is 11.9. The molecule has 1 heterocycles. The van der Waals surface area contributed by atoms with Crippen molar-refractivity contribution in [2.75, 3.05) is 6.61 Å². The summed E-state index contributed by atoms with van der Waals surface area (Å²) in [6.45, 7) is 3.40. The highest BCUT2D eigenvalue weighted by Gasteiger charge is 2.26. The zero-order valence-electron chi connectivity index (χ0n) is 11.9. The van der Waals surface area contributed by atoms with Gasteiger partial charge < -0.3 is 9.30 Å². The maximum atomic E-state index is 11.9. The van der Waals surface area contributed by atoms with Crippen LogP contribution in [0.15, 0.2) is 29.3 Å². The van der Waals surface area contributed by atoms with E-state index in [1.807, 2.05) is 23.6 Å². The van der Waals surface area contributed by atoms with Crippen LogP contribution < -0.4 is 4.74 Å². The monoisotopic (exact) mass is 327 g/mol. The number of halogens is 1. The van der Waals surface area contributed by atoms with Crippen molar-refractivity contribution in [2.45, 2.75) is 37.6 Å². The Morgan fingerprint density at radius 2 is 2.14 bits per heavy atom. The molecule has 0 radical (unpaired) electrons. The van der Waals surface area contributed by atoms with Crippen molar-refractivity contribution in [1.29, 1.82) is 0 Å². The van der Waals surface area contributed by atoms with Crippen molar-refractivity contribution < 1.29 is 13.2 Å². The van der Waals surface area contributed by atoms with Crippen LogP contribution in [-0.2, 0) is 15.6 Å². The van der Waals surface area contributed by atoms with Gasteiger partial charge in [-0.1, -0.05) is 13.0 Å². The van der Waals surface area contributed by atoms with Crippen LogP contribution in [0.3, 0.4) is 0 Å². The van der Waals surface area contributed by atoms with Crippen LogP contribution >= 0.6 is 10.7 Å². The Morgan fingerprint density at radius 3 is 2.76 bits per heavy atom. The van der Waals surface area contributed by atoms with Crippen LogP contribution in [0.2, 0.25) is 0 Å². The lowest BCUT2D eigenvalue weighted by molar-refractivity contribution is 0.321. The molecule has 0 aliphatic heterocycles. The molecule has 0 unspecified atom stereocenters. The van der Waals surface area contributed by atoms with Gasteiger partial charge in [0.2, 0.25) is 0 Å². The van der Waals surface area contributed by atoms with Crippen LogP contribution in [0, 0.1) is 5.92 Å². The second kappa shape index (κ2) is 5.54. The van der Waals surface area contributed by atoms with Crippen molar-refractivity contribution in [1.82, 2.24) is 4.57 Å². The van der Waals surface area contributed by atoms with Crippen molar-refractivity contribution >= 4 is 30.6 Å². The lowest BCUT2D eigenvalue weighted by Gasteiger charge is -2.08. The number of ether oxygens (including phenoxy) is 1. The first-order valence-electron chi connectivity index (χ1n) is 7.20. The predicted molar refractivity (Wildman–Crippen MR) is 83.5 cm³/mol. The van der Waals surface area contributed by atoms with E-state index >= 15 is 0 Å².